The molecule has 6 aliphatic heterocycles. The molecule has 12 fully saturated rings. The highest BCUT2D eigenvalue weighted by atomic mass is 29.3. The van der Waals surface area contributed by atoms with Crippen LogP contribution in [0.3, 0.4) is 0 Å². The predicted molar refractivity (Wildman–Crippen MR) is 216 cm³/mol. The Morgan fingerprint density at radius 3 is 1.13 bits per heavy atom. The van der Waals surface area contributed by atoms with E-state index < -0.39 is 69.7 Å². The van der Waals surface area contributed by atoms with Crippen LogP contribution in [0, 0.1) is 5.92 Å². The van der Waals surface area contributed by atoms with Gasteiger partial charge in [-0.25, -0.2) is 0 Å². The molecule has 54 heavy (non-hydrogen) atoms. The molecule has 0 spiro atoms. The van der Waals surface area contributed by atoms with Gasteiger partial charge in [-0.05, 0) is 83.0 Å². The molecule has 8 bridgehead atoms. The van der Waals surface area contributed by atoms with Crippen molar-refractivity contribution in [3.8, 4) is 0 Å². The molecule has 0 aromatic rings. The second-order valence-electron chi connectivity index (χ2n) is 19.4. The van der Waals surface area contributed by atoms with E-state index in [-0.39, 0.29) is 33.2 Å². The van der Waals surface area contributed by atoms with Gasteiger partial charge in [-0.1, -0.05) is 97.3 Å². The van der Waals surface area contributed by atoms with Crippen molar-refractivity contribution < 1.29 is 45.3 Å². The summed E-state index contributed by atoms with van der Waals surface area (Å²) in [5.41, 5.74) is 0.992. The first-order valence-corrected chi connectivity index (χ1v) is 38.0. The molecular formula is C35H65O11Si8. The molecule has 8 unspecified atom stereocenters. The molecule has 6 heterocycles. The molecule has 0 aromatic carbocycles. The summed E-state index contributed by atoms with van der Waals surface area (Å²) < 4.78 is 90.4. The van der Waals surface area contributed by atoms with Gasteiger partial charge in [0, 0.05) is 39.3 Å². The van der Waals surface area contributed by atoms with Crippen molar-refractivity contribution in [3.63, 3.8) is 0 Å². The summed E-state index contributed by atoms with van der Waals surface area (Å²) in [5, 5.41) is 0. The SMILES string of the molecule is CCC(C)C[Si]12O[Si]3O[Si]4(C5CCCC5)O[Si](C5CCCC5)(O1)O[Si]1(C5CCCC5)O[Si](C5CCCC5)(O2)O[Si]3(C2CCCC2)O[Si](C2CCCC2)(O4)O1. The van der Waals surface area contributed by atoms with Crippen LogP contribution in [0.5, 0.6) is 0 Å². The number of rotatable bonds is 9. The topological polar surface area (TPSA) is 102 Å². The van der Waals surface area contributed by atoms with Crippen molar-refractivity contribution >= 4 is 69.7 Å². The van der Waals surface area contributed by atoms with E-state index in [9.17, 15) is 0 Å². The highest BCUT2D eigenvalue weighted by Gasteiger charge is 2.88. The molecule has 6 saturated carbocycles. The summed E-state index contributed by atoms with van der Waals surface area (Å²) in [6.45, 7) is 4.63. The van der Waals surface area contributed by atoms with Gasteiger partial charge in [0.25, 0.3) is 0 Å². The molecule has 6 aliphatic carbocycles. The summed E-state index contributed by atoms with van der Waals surface area (Å²) in [6, 6.07) is 0.710. The van der Waals surface area contributed by atoms with Crippen LogP contribution in [0.2, 0.25) is 39.3 Å². The first kappa shape index (κ1) is 38.2. The maximum absolute atomic E-state index is 8.37. The third-order valence-corrected chi connectivity index (χ3v) is 58.5. The lowest BCUT2D eigenvalue weighted by Gasteiger charge is -2.60. The monoisotopic (exact) mass is 885 g/mol. The van der Waals surface area contributed by atoms with Gasteiger partial charge in [-0.2, -0.15) is 0 Å². The fourth-order valence-electron chi connectivity index (χ4n) is 12.7. The van der Waals surface area contributed by atoms with E-state index in [1.54, 1.807) is 0 Å². The van der Waals surface area contributed by atoms with Crippen molar-refractivity contribution in [2.75, 3.05) is 0 Å². The van der Waals surface area contributed by atoms with Crippen LogP contribution in [-0.2, 0) is 45.3 Å². The molecule has 6 saturated heterocycles. The van der Waals surface area contributed by atoms with Crippen LogP contribution >= 0.6 is 0 Å². The van der Waals surface area contributed by atoms with Crippen LogP contribution in [0.15, 0.2) is 0 Å². The fraction of sp³-hybridized carbons (Fsp3) is 1.00. The zero-order chi connectivity index (χ0) is 36.3. The number of hydrogen-bond acceptors (Lipinski definition) is 11. The summed E-state index contributed by atoms with van der Waals surface area (Å²) in [7, 11) is -27.9. The second-order valence-corrected chi connectivity index (χ2v) is 46.3. The molecule has 11 nitrogen and oxygen atoms in total. The van der Waals surface area contributed by atoms with E-state index in [4.69, 9.17) is 45.3 Å². The van der Waals surface area contributed by atoms with E-state index in [1.165, 1.54) is 25.7 Å². The smallest absolute Gasteiger partial charge is 0.393 e. The normalized spacial score (nSPS) is 49.0. The zero-order valence-electron chi connectivity index (χ0n) is 32.9. The van der Waals surface area contributed by atoms with Crippen molar-refractivity contribution in [2.24, 2.45) is 5.92 Å². The van der Waals surface area contributed by atoms with Crippen molar-refractivity contribution in [2.45, 2.75) is 214 Å². The lowest BCUT2D eigenvalue weighted by atomic mass is 10.2. The Labute approximate surface area is 332 Å². The summed E-state index contributed by atoms with van der Waals surface area (Å²) in [4.78, 5) is 0. The largest absolute Gasteiger partial charge is 0.482 e. The Morgan fingerprint density at radius 1 is 0.407 bits per heavy atom. The molecule has 12 aliphatic rings. The van der Waals surface area contributed by atoms with E-state index in [0.717, 1.165) is 135 Å². The highest BCUT2D eigenvalue weighted by molar-refractivity contribution is 7.30. The zero-order valence-corrected chi connectivity index (χ0v) is 40.9. The standard InChI is InChI=1S/C35H65O11Si8/c1-3-29(2)28-48-36-47-37-49(30-16-4-5-17-30)40-50(38-48,31-18-6-7-19-31)42-52(33-22-10-11-23-33)43-51(39-48,32-20-8-9-21-32)45-54(47,35-26-14-15-27-35)46-53(41-49,44-52)34-24-12-13-25-34/h29-35H,3-28H2,1-2H3. The Kier molecular flexibility index (Phi) is 10.0. The lowest BCUT2D eigenvalue weighted by Crippen LogP contribution is -2.83. The summed E-state index contributed by atoms with van der Waals surface area (Å²) in [6.07, 6.45) is 27.4. The van der Waals surface area contributed by atoms with E-state index in [2.05, 4.69) is 13.8 Å². The molecule has 0 N–H and O–H groups in total. The van der Waals surface area contributed by atoms with Crippen LogP contribution in [0.25, 0.3) is 0 Å². The third kappa shape index (κ3) is 5.97. The van der Waals surface area contributed by atoms with Crippen LogP contribution in [0.1, 0.15) is 174 Å². The van der Waals surface area contributed by atoms with Gasteiger partial charge < -0.3 is 45.3 Å². The molecular weight excluding hydrogens is 821 g/mol. The third-order valence-electron chi connectivity index (χ3n) is 15.8. The maximum atomic E-state index is 8.37. The Bertz CT molecular complexity index is 1390. The minimum atomic E-state index is -3.75. The molecule has 12 rings (SSSR count). The van der Waals surface area contributed by atoms with Crippen LogP contribution < -0.4 is 0 Å². The van der Waals surface area contributed by atoms with Gasteiger partial charge >= 0.3 is 69.7 Å². The highest BCUT2D eigenvalue weighted by Crippen LogP contribution is 2.65. The average Bonchev–Trinajstić information content (AvgIpc) is 4.00. The first-order chi connectivity index (χ1) is 26.3. The quantitative estimate of drug-likeness (QED) is 0.207. The second kappa shape index (κ2) is 14.2. The number of hydrogen-bond donors (Lipinski definition) is 0. The minimum absolute atomic E-state index is 0.129. The Morgan fingerprint density at radius 2 is 0.722 bits per heavy atom. The van der Waals surface area contributed by atoms with Gasteiger partial charge in [0.15, 0.2) is 0 Å². The van der Waals surface area contributed by atoms with E-state index in [1.807, 2.05) is 0 Å². The molecule has 0 amide bonds. The molecule has 8 atom stereocenters. The summed E-state index contributed by atoms with van der Waals surface area (Å²) in [5.74, 6) is 0.328. The Balaban J connectivity index is 1.23. The van der Waals surface area contributed by atoms with Gasteiger partial charge in [0.1, 0.15) is 0 Å². The molecule has 1 radical (unpaired) electrons. The van der Waals surface area contributed by atoms with Gasteiger partial charge in [-0.3, -0.25) is 0 Å². The Hall–Kier alpha value is 1.30. The average molecular weight is 887 g/mol. The van der Waals surface area contributed by atoms with Gasteiger partial charge in [0.2, 0.25) is 0 Å². The van der Waals surface area contributed by atoms with Crippen molar-refractivity contribution in [1.82, 2.24) is 0 Å². The predicted octanol–water partition coefficient (Wildman–Crippen LogP) is 9.59. The fourth-order valence-corrected chi connectivity index (χ4v) is 74.0. The van der Waals surface area contributed by atoms with Crippen molar-refractivity contribution in [1.29, 1.82) is 0 Å². The molecule has 19 heteroatoms. The molecule has 303 valence electrons. The first-order valence-electron chi connectivity index (χ1n) is 22.8. The van der Waals surface area contributed by atoms with E-state index in [0.29, 0.717) is 12.0 Å². The molecule has 0 aromatic heterocycles. The maximum Gasteiger partial charge on any atom is 0.482 e. The summed E-state index contributed by atoms with van der Waals surface area (Å²) >= 11 is 0. The van der Waals surface area contributed by atoms with E-state index >= 15 is 0 Å². The van der Waals surface area contributed by atoms with Crippen molar-refractivity contribution in [3.05, 3.63) is 0 Å². The minimum Gasteiger partial charge on any atom is -0.393 e. The van der Waals surface area contributed by atoms with Gasteiger partial charge in [-0.15, -0.1) is 0 Å². The van der Waals surface area contributed by atoms with Gasteiger partial charge in [0.05, 0.1) is 0 Å². The van der Waals surface area contributed by atoms with Crippen LogP contribution in [-0.4, -0.2) is 69.7 Å². The lowest BCUT2D eigenvalue weighted by molar-refractivity contribution is 0.00754. The van der Waals surface area contributed by atoms with Crippen LogP contribution in [0.4, 0.5) is 0 Å².